The molecule has 0 radical (unpaired) electrons. The van der Waals surface area contributed by atoms with Crippen LogP contribution >= 0.6 is 11.6 Å². The molecule has 0 fully saturated rings. The average Bonchev–Trinajstić information content (AvgIpc) is 1.79. The highest BCUT2D eigenvalue weighted by Gasteiger charge is 2.11. The summed E-state index contributed by atoms with van der Waals surface area (Å²) in [6, 6.07) is 0. The van der Waals surface area contributed by atoms with Crippen LogP contribution in [-0.2, 0) is 15.0 Å². The monoisotopic (exact) mass is 203 g/mol. The van der Waals surface area contributed by atoms with E-state index < -0.39 is 15.8 Å². The normalized spacial score (nSPS) is 14.8. The number of alkyl halides is 1. The van der Waals surface area contributed by atoms with Crippen molar-refractivity contribution in [2.24, 2.45) is 0 Å². The Hall–Kier alpha value is 0.120. The van der Waals surface area contributed by atoms with Crippen molar-refractivity contribution >= 4 is 21.9 Å². The van der Waals surface area contributed by atoms with Gasteiger partial charge in [0.15, 0.2) is 0 Å². The van der Waals surface area contributed by atoms with Crippen molar-refractivity contribution in [3.05, 3.63) is 0 Å². The van der Waals surface area contributed by atoms with E-state index in [4.69, 9.17) is 20.9 Å². The zero-order valence-corrected chi connectivity index (χ0v) is 7.52. The van der Waals surface area contributed by atoms with Gasteiger partial charge >= 0.3 is 10.3 Å². The first kappa shape index (κ1) is 11.1. The number of hydrogen-bond acceptors (Lipinski definition) is 3. The molecule has 0 aromatic carbocycles. The lowest BCUT2D eigenvalue weighted by atomic mass is 10.7. The van der Waals surface area contributed by atoms with Gasteiger partial charge < -0.3 is 4.74 Å². The fourth-order valence-corrected chi connectivity index (χ4v) is 1.24. The first-order valence-corrected chi connectivity index (χ1v) is 4.80. The summed E-state index contributed by atoms with van der Waals surface area (Å²) < 4.78 is 34.9. The lowest BCUT2D eigenvalue weighted by molar-refractivity contribution is 0.145. The molecule has 0 aliphatic heterocycles. The SMILES string of the molecule is CCOCC(Cl)NS(=O)(=O)O. The van der Waals surface area contributed by atoms with Crippen LogP contribution < -0.4 is 4.72 Å². The van der Waals surface area contributed by atoms with E-state index in [0.29, 0.717) is 6.61 Å². The Morgan fingerprint density at radius 2 is 2.27 bits per heavy atom. The summed E-state index contributed by atoms with van der Waals surface area (Å²) in [5, 5.41) is 0. The third-order valence-corrected chi connectivity index (χ3v) is 1.69. The minimum Gasteiger partial charge on any atom is -0.379 e. The molecule has 68 valence electrons. The molecule has 1 unspecified atom stereocenters. The molecule has 0 rings (SSSR count). The maximum atomic E-state index is 10.1. The zero-order valence-electron chi connectivity index (χ0n) is 5.95. The third-order valence-electron chi connectivity index (χ3n) is 0.745. The van der Waals surface area contributed by atoms with Crippen LogP contribution in [0.15, 0.2) is 0 Å². The summed E-state index contributed by atoms with van der Waals surface area (Å²) in [5.41, 5.74) is -0.926. The molecule has 0 amide bonds. The smallest absolute Gasteiger partial charge is 0.334 e. The number of nitrogens with one attached hydrogen (secondary N) is 1. The van der Waals surface area contributed by atoms with Gasteiger partial charge in [0.25, 0.3) is 0 Å². The fraction of sp³-hybridized carbons (Fsp3) is 1.00. The summed E-state index contributed by atoms with van der Waals surface area (Å²) in [4.78, 5) is 0. The summed E-state index contributed by atoms with van der Waals surface area (Å²) >= 11 is 5.37. The quantitative estimate of drug-likeness (QED) is 0.374. The largest absolute Gasteiger partial charge is 0.379 e. The highest BCUT2D eigenvalue weighted by Crippen LogP contribution is 1.93. The molecule has 0 saturated heterocycles. The van der Waals surface area contributed by atoms with Crippen LogP contribution in [0.4, 0.5) is 0 Å². The number of hydrogen-bond donors (Lipinski definition) is 2. The first-order chi connectivity index (χ1) is 4.95. The van der Waals surface area contributed by atoms with Gasteiger partial charge in [-0.05, 0) is 6.92 Å². The molecule has 0 aromatic heterocycles. The summed E-state index contributed by atoms with van der Waals surface area (Å²) in [6.45, 7) is 2.21. The molecule has 5 nitrogen and oxygen atoms in total. The lowest BCUT2D eigenvalue weighted by Gasteiger charge is -2.07. The minimum atomic E-state index is -4.22. The molecule has 2 N–H and O–H groups in total. The second-order valence-electron chi connectivity index (χ2n) is 1.72. The van der Waals surface area contributed by atoms with Crippen molar-refractivity contribution < 1.29 is 17.7 Å². The van der Waals surface area contributed by atoms with Gasteiger partial charge in [-0.2, -0.15) is 13.1 Å². The van der Waals surface area contributed by atoms with E-state index in [9.17, 15) is 8.42 Å². The van der Waals surface area contributed by atoms with E-state index in [1.165, 1.54) is 0 Å². The summed E-state index contributed by atoms with van der Waals surface area (Å²) in [5.74, 6) is 0. The summed E-state index contributed by atoms with van der Waals surface area (Å²) in [6.07, 6.45) is 0. The molecule has 0 aromatic rings. The topological polar surface area (TPSA) is 75.6 Å². The summed E-state index contributed by atoms with van der Waals surface area (Å²) in [7, 11) is -4.22. The number of ether oxygens (including phenoxy) is 1. The standard InChI is InChI=1S/C4H10ClNO4S/c1-2-10-3-4(5)6-11(7,8)9/h4,6H,2-3H2,1H3,(H,7,8,9). The molecule has 7 heteroatoms. The van der Waals surface area contributed by atoms with E-state index in [-0.39, 0.29) is 6.61 Å². The van der Waals surface area contributed by atoms with Crippen LogP contribution in [0.25, 0.3) is 0 Å². The van der Waals surface area contributed by atoms with Crippen molar-refractivity contribution in [1.29, 1.82) is 0 Å². The van der Waals surface area contributed by atoms with Crippen LogP contribution in [-0.4, -0.2) is 31.7 Å². The molecule has 1 atom stereocenters. The fourth-order valence-electron chi connectivity index (χ4n) is 0.417. The Morgan fingerprint density at radius 3 is 2.64 bits per heavy atom. The van der Waals surface area contributed by atoms with Gasteiger partial charge in [-0.15, -0.1) is 11.6 Å². The van der Waals surface area contributed by atoms with Gasteiger partial charge in [0.1, 0.15) is 5.50 Å². The van der Waals surface area contributed by atoms with Gasteiger partial charge in [0.2, 0.25) is 0 Å². The van der Waals surface area contributed by atoms with Gasteiger partial charge in [-0.3, -0.25) is 4.55 Å². The van der Waals surface area contributed by atoms with E-state index in [1.807, 2.05) is 0 Å². The first-order valence-electron chi connectivity index (χ1n) is 2.92. The Balaban J connectivity index is 3.61. The van der Waals surface area contributed by atoms with Crippen LogP contribution in [0.1, 0.15) is 6.92 Å². The van der Waals surface area contributed by atoms with E-state index in [2.05, 4.69) is 0 Å². The third kappa shape index (κ3) is 8.02. The second-order valence-corrected chi connectivity index (χ2v) is 3.43. The molecule has 0 aliphatic rings. The molecule has 0 heterocycles. The molecular formula is C4H10ClNO4S. The second kappa shape index (κ2) is 4.89. The van der Waals surface area contributed by atoms with Crippen LogP contribution in [0.5, 0.6) is 0 Å². The Bertz CT molecular complexity index is 192. The van der Waals surface area contributed by atoms with Gasteiger partial charge in [0.05, 0.1) is 6.61 Å². The van der Waals surface area contributed by atoms with E-state index in [1.54, 1.807) is 11.6 Å². The Labute approximate surface area is 70.6 Å². The maximum Gasteiger partial charge on any atom is 0.334 e. The van der Waals surface area contributed by atoms with Crippen LogP contribution in [0.2, 0.25) is 0 Å². The van der Waals surface area contributed by atoms with Gasteiger partial charge in [-0.1, -0.05) is 0 Å². The number of halogens is 1. The molecule has 0 bridgehead atoms. The Kier molecular flexibility index (Phi) is 4.94. The van der Waals surface area contributed by atoms with Crippen LogP contribution in [0.3, 0.4) is 0 Å². The molecule has 11 heavy (non-hydrogen) atoms. The molecule has 0 saturated carbocycles. The highest BCUT2D eigenvalue weighted by molar-refractivity contribution is 7.83. The number of rotatable bonds is 5. The van der Waals surface area contributed by atoms with Gasteiger partial charge in [-0.25, -0.2) is 0 Å². The highest BCUT2D eigenvalue weighted by atomic mass is 35.5. The van der Waals surface area contributed by atoms with Crippen molar-refractivity contribution in [3.63, 3.8) is 0 Å². The molecular weight excluding hydrogens is 194 g/mol. The van der Waals surface area contributed by atoms with Gasteiger partial charge in [0, 0.05) is 6.61 Å². The van der Waals surface area contributed by atoms with Crippen LogP contribution in [0, 0.1) is 0 Å². The average molecular weight is 204 g/mol. The molecule has 0 spiro atoms. The van der Waals surface area contributed by atoms with Crippen molar-refractivity contribution in [2.45, 2.75) is 12.4 Å². The van der Waals surface area contributed by atoms with Crippen molar-refractivity contribution in [3.8, 4) is 0 Å². The zero-order chi connectivity index (χ0) is 8.91. The molecule has 0 aliphatic carbocycles. The van der Waals surface area contributed by atoms with E-state index in [0.717, 1.165) is 0 Å². The Morgan fingerprint density at radius 1 is 1.73 bits per heavy atom. The predicted molar refractivity (Wildman–Crippen MR) is 40.8 cm³/mol. The van der Waals surface area contributed by atoms with Crippen molar-refractivity contribution in [1.82, 2.24) is 4.72 Å². The minimum absolute atomic E-state index is 0.0256. The van der Waals surface area contributed by atoms with Crippen molar-refractivity contribution in [2.75, 3.05) is 13.2 Å². The van der Waals surface area contributed by atoms with E-state index >= 15 is 0 Å². The predicted octanol–water partition coefficient (Wildman–Crippen LogP) is -0.0198. The lowest BCUT2D eigenvalue weighted by Crippen LogP contribution is -2.33. The maximum absolute atomic E-state index is 10.1.